The lowest BCUT2D eigenvalue weighted by Gasteiger charge is -2.16. The zero-order valence-electron chi connectivity index (χ0n) is 12.8. The van der Waals surface area contributed by atoms with Gasteiger partial charge in [0.05, 0.1) is 18.7 Å². The third-order valence-corrected chi connectivity index (χ3v) is 5.75. The highest BCUT2D eigenvalue weighted by molar-refractivity contribution is 9.10. The van der Waals surface area contributed by atoms with Crippen molar-refractivity contribution < 1.29 is 17.9 Å². The van der Waals surface area contributed by atoms with E-state index in [0.717, 1.165) is 19.6 Å². The largest absolute Gasteiger partial charge is 0.495 e. The molecule has 1 aromatic carbocycles. The molecule has 0 radical (unpaired) electrons. The standard InChI is InChI=1S/C14H21BrN2O4S/c1-20-12-10-13(21-2)14(9-11(12)15)22(18,19)16-5-8-17-6-3-4-7-17/h9-10,16H,3-8H2,1-2H3. The maximum Gasteiger partial charge on any atom is 0.244 e. The van der Waals surface area contributed by atoms with Gasteiger partial charge in [0.2, 0.25) is 10.0 Å². The van der Waals surface area contributed by atoms with Gasteiger partial charge in [-0.25, -0.2) is 13.1 Å². The fraction of sp³-hybridized carbons (Fsp3) is 0.571. The van der Waals surface area contributed by atoms with Crippen molar-refractivity contribution in [3.05, 3.63) is 16.6 Å². The molecular weight excluding hydrogens is 372 g/mol. The number of benzene rings is 1. The summed E-state index contributed by atoms with van der Waals surface area (Å²) < 4.78 is 38.5. The van der Waals surface area contributed by atoms with Crippen LogP contribution in [0.15, 0.2) is 21.5 Å². The van der Waals surface area contributed by atoms with Crippen LogP contribution in [-0.2, 0) is 10.0 Å². The second-order valence-corrected chi connectivity index (χ2v) is 7.67. The summed E-state index contributed by atoms with van der Waals surface area (Å²) in [5, 5.41) is 0. The van der Waals surface area contributed by atoms with Crippen LogP contribution in [0.25, 0.3) is 0 Å². The molecule has 0 aromatic heterocycles. The number of methoxy groups -OCH3 is 2. The number of rotatable bonds is 7. The molecule has 0 unspecified atom stereocenters. The van der Waals surface area contributed by atoms with E-state index in [-0.39, 0.29) is 10.6 Å². The molecule has 1 fully saturated rings. The van der Waals surface area contributed by atoms with Crippen LogP contribution in [0.5, 0.6) is 11.5 Å². The molecule has 1 aliphatic heterocycles. The molecule has 0 atom stereocenters. The van der Waals surface area contributed by atoms with Crippen molar-refractivity contribution in [3.63, 3.8) is 0 Å². The number of hydrogen-bond donors (Lipinski definition) is 1. The number of ether oxygens (including phenoxy) is 2. The van der Waals surface area contributed by atoms with E-state index in [2.05, 4.69) is 25.6 Å². The fourth-order valence-corrected chi connectivity index (χ4v) is 4.32. The molecule has 124 valence electrons. The van der Waals surface area contributed by atoms with Gasteiger partial charge < -0.3 is 14.4 Å². The maximum atomic E-state index is 12.5. The van der Waals surface area contributed by atoms with Gasteiger partial charge in [-0.3, -0.25) is 0 Å². The van der Waals surface area contributed by atoms with Gasteiger partial charge in [0.15, 0.2) is 0 Å². The van der Waals surface area contributed by atoms with Gasteiger partial charge in [0.1, 0.15) is 16.4 Å². The predicted octanol–water partition coefficient (Wildman–Crippen LogP) is 1.84. The molecule has 8 heteroatoms. The molecule has 0 bridgehead atoms. The first kappa shape index (κ1) is 17.5. The van der Waals surface area contributed by atoms with Gasteiger partial charge in [0.25, 0.3) is 0 Å². The Morgan fingerprint density at radius 2 is 1.82 bits per heavy atom. The van der Waals surface area contributed by atoms with Crippen LogP contribution in [0.3, 0.4) is 0 Å². The molecule has 6 nitrogen and oxygen atoms in total. The van der Waals surface area contributed by atoms with Crippen LogP contribution in [-0.4, -0.2) is 53.7 Å². The van der Waals surface area contributed by atoms with Crippen molar-refractivity contribution in [1.29, 1.82) is 0 Å². The van der Waals surface area contributed by atoms with E-state index in [4.69, 9.17) is 9.47 Å². The van der Waals surface area contributed by atoms with Crippen LogP contribution < -0.4 is 14.2 Å². The normalized spacial score (nSPS) is 16.0. The molecule has 0 amide bonds. The van der Waals surface area contributed by atoms with Gasteiger partial charge in [-0.05, 0) is 47.9 Å². The molecule has 1 saturated heterocycles. The molecule has 1 heterocycles. The lowest BCUT2D eigenvalue weighted by molar-refractivity contribution is 0.344. The van der Waals surface area contributed by atoms with Gasteiger partial charge in [-0.2, -0.15) is 0 Å². The van der Waals surface area contributed by atoms with E-state index in [1.807, 2.05) is 0 Å². The number of nitrogens with zero attached hydrogens (tertiary/aromatic N) is 1. The summed E-state index contributed by atoms with van der Waals surface area (Å²) in [4.78, 5) is 2.35. The second kappa shape index (κ2) is 7.63. The average molecular weight is 393 g/mol. The van der Waals surface area contributed by atoms with Crippen molar-refractivity contribution in [2.24, 2.45) is 0 Å². The summed E-state index contributed by atoms with van der Waals surface area (Å²) in [5.41, 5.74) is 0. The quantitative estimate of drug-likeness (QED) is 0.766. The molecule has 1 N–H and O–H groups in total. The summed E-state index contributed by atoms with van der Waals surface area (Å²) in [5.74, 6) is 0.779. The Balaban J connectivity index is 2.12. The lowest BCUT2D eigenvalue weighted by Crippen LogP contribution is -2.33. The Kier molecular flexibility index (Phi) is 6.08. The van der Waals surface area contributed by atoms with Gasteiger partial charge in [0, 0.05) is 19.2 Å². The van der Waals surface area contributed by atoms with Crippen LogP contribution in [0.4, 0.5) is 0 Å². The third kappa shape index (κ3) is 4.13. The molecule has 22 heavy (non-hydrogen) atoms. The van der Waals surface area contributed by atoms with E-state index in [0.29, 0.717) is 16.8 Å². The summed E-state index contributed by atoms with van der Waals surface area (Å²) in [7, 11) is -0.677. The molecule has 0 saturated carbocycles. The monoisotopic (exact) mass is 392 g/mol. The van der Waals surface area contributed by atoms with E-state index in [1.165, 1.54) is 33.1 Å². The van der Waals surface area contributed by atoms with Crippen LogP contribution in [0.1, 0.15) is 12.8 Å². The number of halogens is 1. The lowest BCUT2D eigenvalue weighted by atomic mass is 10.3. The van der Waals surface area contributed by atoms with Gasteiger partial charge >= 0.3 is 0 Å². The van der Waals surface area contributed by atoms with E-state index in [1.54, 1.807) is 6.07 Å². The highest BCUT2D eigenvalue weighted by Crippen LogP contribution is 2.35. The Morgan fingerprint density at radius 3 is 2.41 bits per heavy atom. The molecule has 1 aliphatic rings. The Labute approximate surface area is 140 Å². The Bertz CT molecular complexity index is 616. The molecule has 0 aliphatic carbocycles. The summed E-state index contributed by atoms with van der Waals surface area (Å²) >= 11 is 3.30. The minimum Gasteiger partial charge on any atom is -0.495 e. The third-order valence-electron chi connectivity index (χ3n) is 3.65. The predicted molar refractivity (Wildman–Crippen MR) is 88.1 cm³/mol. The highest BCUT2D eigenvalue weighted by atomic mass is 79.9. The van der Waals surface area contributed by atoms with Crippen molar-refractivity contribution in [2.75, 3.05) is 40.4 Å². The number of hydrogen-bond acceptors (Lipinski definition) is 5. The van der Waals surface area contributed by atoms with Crippen molar-refractivity contribution >= 4 is 26.0 Å². The average Bonchev–Trinajstić information content (AvgIpc) is 3.00. The first-order valence-corrected chi connectivity index (χ1v) is 9.39. The van der Waals surface area contributed by atoms with E-state index in [9.17, 15) is 8.42 Å². The Hall–Kier alpha value is -0.830. The highest BCUT2D eigenvalue weighted by Gasteiger charge is 2.22. The number of nitrogens with one attached hydrogen (secondary N) is 1. The van der Waals surface area contributed by atoms with Crippen LogP contribution in [0.2, 0.25) is 0 Å². The first-order chi connectivity index (χ1) is 10.5. The first-order valence-electron chi connectivity index (χ1n) is 7.11. The second-order valence-electron chi connectivity index (χ2n) is 5.08. The molecule has 0 spiro atoms. The van der Waals surface area contributed by atoms with Gasteiger partial charge in [-0.1, -0.05) is 0 Å². The van der Waals surface area contributed by atoms with Crippen molar-refractivity contribution in [3.8, 4) is 11.5 Å². The van der Waals surface area contributed by atoms with Crippen molar-refractivity contribution in [2.45, 2.75) is 17.7 Å². The van der Waals surface area contributed by atoms with Crippen LogP contribution in [0, 0.1) is 0 Å². The molecule has 2 rings (SSSR count). The van der Waals surface area contributed by atoms with Crippen molar-refractivity contribution in [1.82, 2.24) is 9.62 Å². The minimum absolute atomic E-state index is 0.101. The number of sulfonamides is 1. The summed E-state index contributed by atoms with van der Waals surface area (Å²) in [6.07, 6.45) is 2.37. The molecule has 1 aromatic rings. The van der Waals surface area contributed by atoms with E-state index < -0.39 is 10.0 Å². The Morgan fingerprint density at radius 1 is 1.18 bits per heavy atom. The minimum atomic E-state index is -3.63. The smallest absolute Gasteiger partial charge is 0.244 e. The van der Waals surface area contributed by atoms with E-state index >= 15 is 0 Å². The van der Waals surface area contributed by atoms with Crippen LogP contribution >= 0.6 is 15.9 Å². The molecular formula is C14H21BrN2O4S. The topological polar surface area (TPSA) is 67.9 Å². The number of likely N-dealkylation sites (tertiary alicyclic amines) is 1. The zero-order chi connectivity index (χ0) is 16.2. The summed E-state index contributed by atoms with van der Waals surface area (Å²) in [6.45, 7) is 3.19. The fourth-order valence-electron chi connectivity index (χ4n) is 2.46. The maximum absolute atomic E-state index is 12.5. The zero-order valence-corrected chi connectivity index (χ0v) is 15.2. The SMILES string of the molecule is COc1cc(OC)c(S(=O)(=O)NCCN2CCCC2)cc1Br. The summed E-state index contributed by atoms with van der Waals surface area (Å²) in [6, 6.07) is 3.05. The van der Waals surface area contributed by atoms with Gasteiger partial charge in [-0.15, -0.1) is 0 Å².